The smallest absolute Gasteiger partial charge is 0.264 e. The molecule has 0 fully saturated rings. The number of anilines is 2. The van der Waals surface area contributed by atoms with Crippen molar-refractivity contribution >= 4 is 48.1 Å². The summed E-state index contributed by atoms with van der Waals surface area (Å²) in [6.07, 6.45) is 4.18. The van der Waals surface area contributed by atoms with Gasteiger partial charge in [0.25, 0.3) is 10.0 Å². The Labute approximate surface area is 135 Å². The van der Waals surface area contributed by atoms with Gasteiger partial charge in [0, 0.05) is 15.0 Å². The summed E-state index contributed by atoms with van der Waals surface area (Å²) < 4.78 is 27.9. The zero-order valence-corrected chi connectivity index (χ0v) is 14.3. The van der Waals surface area contributed by atoms with E-state index >= 15 is 0 Å². The van der Waals surface area contributed by atoms with E-state index in [1.165, 1.54) is 22.3 Å². The fourth-order valence-electron chi connectivity index (χ4n) is 2.30. The van der Waals surface area contributed by atoms with Crippen LogP contribution in [0.2, 0.25) is 0 Å². The fourth-order valence-corrected chi connectivity index (χ4v) is 5.68. The molecule has 0 spiro atoms. The van der Waals surface area contributed by atoms with Gasteiger partial charge in [-0.3, -0.25) is 4.72 Å². The minimum absolute atomic E-state index is 0.157. The van der Waals surface area contributed by atoms with Crippen LogP contribution in [-0.4, -0.2) is 13.4 Å². The molecule has 5 nitrogen and oxygen atoms in total. The Kier molecular flexibility index (Phi) is 3.94. The Hall–Kier alpha value is -1.12. The third-order valence-corrected chi connectivity index (χ3v) is 6.83. The second kappa shape index (κ2) is 5.58. The average molecular weight is 388 g/mol. The fraction of sp³-hybridized carbons (Fsp3) is 0.308. The Bertz CT molecular complexity index is 763. The zero-order valence-electron chi connectivity index (χ0n) is 11.1. The van der Waals surface area contributed by atoms with E-state index in [1.807, 2.05) is 0 Å². The molecule has 0 unspecified atom stereocenters. The summed E-state index contributed by atoms with van der Waals surface area (Å²) in [5.74, 6) is 0. The van der Waals surface area contributed by atoms with Crippen molar-refractivity contribution in [1.29, 1.82) is 0 Å². The van der Waals surface area contributed by atoms with Gasteiger partial charge in [-0.2, -0.15) is 0 Å². The first-order valence-electron chi connectivity index (χ1n) is 6.52. The number of fused-ring (bicyclic) bond motifs is 1. The number of nitrogens with zero attached hydrogens (tertiary/aromatic N) is 1. The van der Waals surface area contributed by atoms with Crippen LogP contribution in [0.4, 0.5) is 10.8 Å². The summed E-state index contributed by atoms with van der Waals surface area (Å²) in [7, 11) is -3.66. The maximum Gasteiger partial charge on any atom is 0.264 e. The van der Waals surface area contributed by atoms with Gasteiger partial charge in [0.15, 0.2) is 5.13 Å². The summed E-state index contributed by atoms with van der Waals surface area (Å²) in [6.45, 7) is 0. The normalized spacial score (nSPS) is 14.7. The monoisotopic (exact) mass is 387 g/mol. The van der Waals surface area contributed by atoms with Crippen molar-refractivity contribution in [3.63, 3.8) is 0 Å². The Morgan fingerprint density at radius 1 is 1.29 bits per heavy atom. The SMILES string of the molecule is Nc1ccc(S(=O)(=O)Nc2nc3c(s2)CCCC3)c(Br)c1. The minimum Gasteiger partial charge on any atom is -0.399 e. The number of nitrogens with two attached hydrogens (primary N) is 1. The molecule has 0 atom stereocenters. The molecular weight excluding hydrogens is 374 g/mol. The molecule has 1 heterocycles. The van der Waals surface area contributed by atoms with E-state index in [0.29, 0.717) is 15.3 Å². The van der Waals surface area contributed by atoms with E-state index in [1.54, 1.807) is 12.1 Å². The molecule has 0 aliphatic heterocycles. The molecule has 0 radical (unpaired) electrons. The molecule has 1 aromatic heterocycles. The van der Waals surface area contributed by atoms with E-state index in [2.05, 4.69) is 25.6 Å². The number of aromatic nitrogens is 1. The number of benzene rings is 1. The molecule has 2 aromatic rings. The minimum atomic E-state index is -3.66. The molecule has 1 aliphatic rings. The second-order valence-corrected chi connectivity index (χ2v) is 8.48. The highest BCUT2D eigenvalue weighted by molar-refractivity contribution is 9.10. The van der Waals surface area contributed by atoms with E-state index in [-0.39, 0.29) is 4.90 Å². The van der Waals surface area contributed by atoms with Crippen molar-refractivity contribution < 1.29 is 8.42 Å². The van der Waals surface area contributed by atoms with Crippen LogP contribution in [0, 0.1) is 0 Å². The van der Waals surface area contributed by atoms with Crippen LogP contribution >= 0.6 is 27.3 Å². The first kappa shape index (κ1) is 14.8. The number of aryl methyl sites for hydroxylation is 2. The van der Waals surface area contributed by atoms with Gasteiger partial charge < -0.3 is 5.73 Å². The lowest BCUT2D eigenvalue weighted by atomic mass is 10.0. The predicted molar refractivity (Wildman–Crippen MR) is 88.1 cm³/mol. The van der Waals surface area contributed by atoms with Gasteiger partial charge in [-0.1, -0.05) is 0 Å². The number of hydrogen-bond acceptors (Lipinski definition) is 5. The largest absolute Gasteiger partial charge is 0.399 e. The lowest BCUT2D eigenvalue weighted by molar-refractivity contribution is 0.600. The summed E-state index contributed by atoms with van der Waals surface area (Å²) in [4.78, 5) is 5.74. The molecular formula is C13H14BrN3O2S2. The van der Waals surface area contributed by atoms with Gasteiger partial charge in [0.2, 0.25) is 0 Å². The van der Waals surface area contributed by atoms with Gasteiger partial charge in [-0.05, 0) is 59.8 Å². The first-order chi connectivity index (χ1) is 9.95. The Morgan fingerprint density at radius 2 is 2.05 bits per heavy atom. The van der Waals surface area contributed by atoms with Crippen molar-refractivity contribution in [2.24, 2.45) is 0 Å². The third-order valence-electron chi connectivity index (χ3n) is 3.31. The van der Waals surface area contributed by atoms with Crippen LogP contribution in [0.5, 0.6) is 0 Å². The van der Waals surface area contributed by atoms with Crippen molar-refractivity contribution in [3.05, 3.63) is 33.2 Å². The van der Waals surface area contributed by atoms with Crippen LogP contribution in [0.15, 0.2) is 27.6 Å². The zero-order chi connectivity index (χ0) is 15.0. The first-order valence-corrected chi connectivity index (χ1v) is 9.61. The number of hydrogen-bond donors (Lipinski definition) is 2. The molecule has 0 saturated carbocycles. The standard InChI is InChI=1S/C13H14BrN3O2S2/c14-9-7-8(15)5-6-12(9)21(18,19)17-13-16-10-3-1-2-4-11(10)20-13/h5-7H,1-4,15H2,(H,16,17). The molecule has 21 heavy (non-hydrogen) atoms. The van der Waals surface area contributed by atoms with Crippen molar-refractivity contribution in [2.45, 2.75) is 30.6 Å². The quantitative estimate of drug-likeness (QED) is 0.791. The number of nitrogen functional groups attached to an aromatic ring is 1. The second-order valence-electron chi connectivity index (χ2n) is 4.89. The molecule has 1 aliphatic carbocycles. The molecule has 112 valence electrons. The molecule has 3 N–H and O–H groups in total. The molecule has 3 rings (SSSR count). The topological polar surface area (TPSA) is 85.1 Å². The number of rotatable bonds is 3. The summed E-state index contributed by atoms with van der Waals surface area (Å²) in [6, 6.07) is 4.61. The van der Waals surface area contributed by atoms with Crippen LogP contribution < -0.4 is 10.5 Å². The molecule has 1 aromatic carbocycles. The highest BCUT2D eigenvalue weighted by Gasteiger charge is 2.22. The maximum atomic E-state index is 12.4. The lowest BCUT2D eigenvalue weighted by Crippen LogP contribution is -2.13. The lowest BCUT2D eigenvalue weighted by Gasteiger charge is -2.07. The van der Waals surface area contributed by atoms with Crippen LogP contribution in [0.1, 0.15) is 23.4 Å². The molecule has 0 saturated heterocycles. The van der Waals surface area contributed by atoms with Crippen LogP contribution in [0.25, 0.3) is 0 Å². The molecule has 0 amide bonds. The highest BCUT2D eigenvalue weighted by Crippen LogP contribution is 2.32. The van der Waals surface area contributed by atoms with E-state index in [0.717, 1.165) is 31.4 Å². The van der Waals surface area contributed by atoms with Gasteiger partial charge in [-0.15, -0.1) is 11.3 Å². The molecule has 0 bridgehead atoms. The predicted octanol–water partition coefficient (Wildman–Crippen LogP) is 3.17. The van der Waals surface area contributed by atoms with Crippen LogP contribution in [-0.2, 0) is 22.9 Å². The van der Waals surface area contributed by atoms with E-state index < -0.39 is 10.0 Å². The summed E-state index contributed by atoms with van der Waals surface area (Å²) in [5.41, 5.74) is 7.17. The summed E-state index contributed by atoms with van der Waals surface area (Å²) in [5, 5.41) is 0.436. The summed E-state index contributed by atoms with van der Waals surface area (Å²) >= 11 is 4.66. The maximum absolute atomic E-state index is 12.4. The van der Waals surface area contributed by atoms with E-state index in [9.17, 15) is 8.42 Å². The van der Waals surface area contributed by atoms with Crippen molar-refractivity contribution in [1.82, 2.24) is 4.98 Å². The van der Waals surface area contributed by atoms with Crippen LogP contribution in [0.3, 0.4) is 0 Å². The number of halogens is 1. The Morgan fingerprint density at radius 3 is 2.76 bits per heavy atom. The number of nitrogens with one attached hydrogen (secondary N) is 1. The highest BCUT2D eigenvalue weighted by atomic mass is 79.9. The number of thiazole rings is 1. The van der Waals surface area contributed by atoms with Crippen molar-refractivity contribution in [3.8, 4) is 0 Å². The van der Waals surface area contributed by atoms with Gasteiger partial charge in [0.05, 0.1) is 5.69 Å². The third kappa shape index (κ3) is 3.07. The molecule has 8 heteroatoms. The Balaban J connectivity index is 1.90. The van der Waals surface area contributed by atoms with Gasteiger partial charge in [0.1, 0.15) is 4.90 Å². The average Bonchev–Trinajstić information content (AvgIpc) is 2.79. The van der Waals surface area contributed by atoms with E-state index in [4.69, 9.17) is 5.73 Å². The van der Waals surface area contributed by atoms with Crippen molar-refractivity contribution in [2.75, 3.05) is 10.5 Å². The van der Waals surface area contributed by atoms with Gasteiger partial charge in [-0.25, -0.2) is 13.4 Å². The number of sulfonamides is 1. The van der Waals surface area contributed by atoms with Gasteiger partial charge >= 0.3 is 0 Å².